The normalized spacial score (nSPS) is 49.5. The zero-order valence-corrected chi connectivity index (χ0v) is 25.1. The average molecular weight is 535 g/mol. The summed E-state index contributed by atoms with van der Waals surface area (Å²) in [4.78, 5) is 12.5. The van der Waals surface area contributed by atoms with Crippen molar-refractivity contribution in [3.8, 4) is 0 Å². The summed E-state index contributed by atoms with van der Waals surface area (Å²) in [6.07, 6.45) is 6.25. The number of esters is 1. The molecule has 6 heteroatoms. The van der Waals surface area contributed by atoms with Gasteiger partial charge in [0, 0.05) is 12.3 Å². The van der Waals surface area contributed by atoms with Crippen molar-refractivity contribution in [2.45, 2.75) is 143 Å². The van der Waals surface area contributed by atoms with Gasteiger partial charge in [-0.25, -0.2) is 0 Å². The Morgan fingerprint density at radius 1 is 1.03 bits per heavy atom. The van der Waals surface area contributed by atoms with Crippen LogP contribution in [0.4, 0.5) is 0 Å². The van der Waals surface area contributed by atoms with Gasteiger partial charge in [-0.1, -0.05) is 34.6 Å². The van der Waals surface area contributed by atoms with Crippen LogP contribution in [-0.4, -0.2) is 56.4 Å². The predicted octanol–water partition coefficient (Wildman–Crippen LogP) is 4.85. The lowest BCUT2D eigenvalue weighted by molar-refractivity contribution is -0.249. The Morgan fingerprint density at radius 2 is 1.68 bits per heavy atom. The van der Waals surface area contributed by atoms with Crippen LogP contribution in [0.1, 0.15) is 113 Å². The number of aliphatic hydroxyl groups excluding tert-OH is 3. The van der Waals surface area contributed by atoms with Gasteiger partial charge in [0.05, 0.1) is 17.8 Å². The van der Waals surface area contributed by atoms with Crippen molar-refractivity contribution in [1.82, 2.24) is 0 Å². The van der Waals surface area contributed by atoms with Crippen LogP contribution >= 0.6 is 0 Å². The molecule has 0 saturated heterocycles. The van der Waals surface area contributed by atoms with Crippen LogP contribution in [-0.2, 0) is 9.53 Å². The van der Waals surface area contributed by atoms with Gasteiger partial charge >= 0.3 is 5.97 Å². The van der Waals surface area contributed by atoms with Gasteiger partial charge in [-0.15, -0.1) is 0 Å². The molecular weight excluding hydrogens is 480 g/mol. The van der Waals surface area contributed by atoms with E-state index in [1.807, 2.05) is 0 Å². The zero-order valence-electron chi connectivity index (χ0n) is 25.1. The molecule has 0 radical (unpaired) electrons. The van der Waals surface area contributed by atoms with Gasteiger partial charge in [0.2, 0.25) is 0 Å². The van der Waals surface area contributed by atoms with Crippen LogP contribution in [0, 0.1) is 50.7 Å². The van der Waals surface area contributed by atoms with E-state index in [9.17, 15) is 25.2 Å². The Bertz CT molecular complexity index is 956. The largest absolute Gasteiger partial charge is 0.462 e. The van der Waals surface area contributed by atoms with E-state index >= 15 is 0 Å². The van der Waals surface area contributed by atoms with E-state index in [1.54, 1.807) is 20.8 Å². The van der Waals surface area contributed by atoms with Gasteiger partial charge in [-0.3, -0.25) is 4.79 Å². The number of hydrogen-bond acceptors (Lipinski definition) is 6. The Labute approximate surface area is 229 Å². The van der Waals surface area contributed by atoms with E-state index in [1.165, 1.54) is 6.42 Å². The first-order chi connectivity index (χ1) is 17.4. The highest BCUT2D eigenvalue weighted by Crippen LogP contribution is 2.91. The molecule has 5 aliphatic rings. The molecule has 0 aliphatic heterocycles. The molecule has 5 rings (SSSR count). The van der Waals surface area contributed by atoms with E-state index in [0.29, 0.717) is 24.2 Å². The van der Waals surface area contributed by atoms with Crippen molar-refractivity contribution in [2.24, 2.45) is 50.7 Å². The van der Waals surface area contributed by atoms with Crippen LogP contribution < -0.4 is 0 Å². The van der Waals surface area contributed by atoms with Crippen LogP contribution in [0.15, 0.2) is 0 Å². The number of fused-ring (bicyclic) bond motifs is 3. The van der Waals surface area contributed by atoms with Gasteiger partial charge in [0.15, 0.2) is 0 Å². The minimum Gasteiger partial charge on any atom is -0.462 e. The number of carbonyl (C=O) groups excluding carboxylic acids is 1. The summed E-state index contributed by atoms with van der Waals surface area (Å²) in [5, 5.41) is 42.6. The van der Waals surface area contributed by atoms with Crippen molar-refractivity contribution in [2.75, 3.05) is 0 Å². The fraction of sp³-hybridized carbons (Fsp3) is 0.969. The van der Waals surface area contributed by atoms with Crippen LogP contribution in [0.25, 0.3) is 0 Å². The highest BCUT2D eigenvalue weighted by Gasteiger charge is 2.85. The van der Waals surface area contributed by atoms with Gasteiger partial charge in [0.25, 0.3) is 0 Å². The predicted molar refractivity (Wildman–Crippen MR) is 146 cm³/mol. The Balaban J connectivity index is 1.47. The van der Waals surface area contributed by atoms with Crippen molar-refractivity contribution >= 4 is 5.97 Å². The van der Waals surface area contributed by atoms with E-state index in [2.05, 4.69) is 34.6 Å². The topological polar surface area (TPSA) is 107 Å². The Morgan fingerprint density at radius 3 is 2.29 bits per heavy atom. The number of aliphatic hydroxyl groups is 4. The smallest absolute Gasteiger partial charge is 0.302 e. The monoisotopic (exact) mass is 534 g/mol. The van der Waals surface area contributed by atoms with Gasteiger partial charge in [0.1, 0.15) is 12.2 Å². The number of hydrogen-bond donors (Lipinski definition) is 4. The Hall–Kier alpha value is -0.690. The first-order valence-electron chi connectivity index (χ1n) is 15.3. The zero-order chi connectivity index (χ0) is 28.3. The molecule has 5 saturated carbocycles. The highest BCUT2D eigenvalue weighted by molar-refractivity contribution is 5.66. The third-order valence-electron chi connectivity index (χ3n) is 13.8. The average Bonchev–Trinajstić information content (AvgIpc) is 3.37. The molecular formula is C32H54O6. The quantitative estimate of drug-likeness (QED) is 0.363. The van der Waals surface area contributed by atoms with E-state index in [-0.39, 0.29) is 51.2 Å². The number of ether oxygens (including phenoxy) is 1. The second-order valence-electron chi connectivity index (χ2n) is 16.1. The second-order valence-corrected chi connectivity index (χ2v) is 16.1. The third-order valence-corrected chi connectivity index (χ3v) is 13.8. The standard InChI is InChI=1S/C32H54O6/c1-18(15-21(34)26(36)28(5,6)37)20-9-14-32-17-31(20,32)13-10-22-29(7)12-11-24(35)27(3,4)23(29)16-25(30(22,32)8)38-19(2)33/h18,20-26,34-37H,9-17H2,1-8H3/t18-,20-,21+,22+,23-,24+,25+,26-,29+,30-,31+,32+/m0/s1. The molecule has 6 nitrogen and oxygen atoms in total. The Kier molecular flexibility index (Phi) is 6.57. The molecule has 0 heterocycles. The maximum atomic E-state index is 12.5. The lowest BCUT2D eigenvalue weighted by Crippen LogP contribution is -2.66. The van der Waals surface area contributed by atoms with Gasteiger partial charge in [-0.2, -0.15) is 0 Å². The molecule has 5 aliphatic carbocycles. The summed E-state index contributed by atoms with van der Waals surface area (Å²) in [7, 11) is 0. The molecule has 218 valence electrons. The fourth-order valence-electron chi connectivity index (χ4n) is 12.0. The lowest BCUT2D eigenvalue weighted by Gasteiger charge is -2.68. The first-order valence-corrected chi connectivity index (χ1v) is 15.3. The molecule has 0 bridgehead atoms. The second kappa shape index (κ2) is 8.66. The van der Waals surface area contributed by atoms with Crippen molar-refractivity contribution in [3.05, 3.63) is 0 Å². The summed E-state index contributed by atoms with van der Waals surface area (Å²) in [5.74, 6) is 1.23. The van der Waals surface area contributed by atoms with Crippen LogP contribution in [0.5, 0.6) is 0 Å². The molecule has 5 fully saturated rings. The highest BCUT2D eigenvalue weighted by atomic mass is 16.5. The SMILES string of the molecule is CC(=O)O[C@@H]1C[C@H]2C(C)(C)[C@H](O)CC[C@]2(C)[C@H]2CC[C@]34C[C@]3(CC[C@H]4[C@@H](C)C[C@@H](O)[C@H](O)C(C)(C)O)[C@@]21C. The molecule has 38 heavy (non-hydrogen) atoms. The van der Waals surface area contributed by atoms with Crippen molar-refractivity contribution in [1.29, 1.82) is 0 Å². The van der Waals surface area contributed by atoms with Crippen LogP contribution in [0.3, 0.4) is 0 Å². The van der Waals surface area contributed by atoms with Gasteiger partial charge < -0.3 is 25.2 Å². The number of carbonyl (C=O) groups is 1. The van der Waals surface area contributed by atoms with Crippen LogP contribution in [0.2, 0.25) is 0 Å². The summed E-state index contributed by atoms with van der Waals surface area (Å²) < 4.78 is 6.29. The maximum absolute atomic E-state index is 12.5. The molecule has 0 amide bonds. The summed E-state index contributed by atoms with van der Waals surface area (Å²) in [5.41, 5.74) is -1.23. The molecule has 0 aromatic heterocycles. The summed E-state index contributed by atoms with van der Waals surface area (Å²) >= 11 is 0. The van der Waals surface area contributed by atoms with Gasteiger partial charge in [-0.05, 0) is 117 Å². The maximum Gasteiger partial charge on any atom is 0.302 e. The van der Waals surface area contributed by atoms with E-state index in [0.717, 1.165) is 44.9 Å². The van der Waals surface area contributed by atoms with Crippen molar-refractivity contribution < 1.29 is 30.0 Å². The summed E-state index contributed by atoms with van der Waals surface area (Å²) in [6.45, 7) is 16.2. The minimum absolute atomic E-state index is 0.106. The molecule has 0 spiro atoms. The van der Waals surface area contributed by atoms with E-state index in [4.69, 9.17) is 4.74 Å². The lowest BCUT2D eigenvalue weighted by atomic mass is 9.37. The summed E-state index contributed by atoms with van der Waals surface area (Å²) in [6, 6.07) is 0. The molecule has 12 atom stereocenters. The molecule has 0 unspecified atom stereocenters. The van der Waals surface area contributed by atoms with Crippen molar-refractivity contribution in [3.63, 3.8) is 0 Å². The first kappa shape index (κ1) is 28.8. The third kappa shape index (κ3) is 3.61. The minimum atomic E-state index is -1.34. The fourth-order valence-corrected chi connectivity index (χ4v) is 12.0. The molecule has 0 aromatic carbocycles. The van der Waals surface area contributed by atoms with E-state index < -0.39 is 17.8 Å². The molecule has 4 N–H and O–H groups in total. The number of rotatable bonds is 6. The molecule has 0 aromatic rings.